The van der Waals surface area contributed by atoms with Crippen LogP contribution in [0.1, 0.15) is 18.6 Å². The number of ether oxygens (including phenoxy) is 1. The Bertz CT molecular complexity index is 689. The van der Waals surface area contributed by atoms with Crippen molar-refractivity contribution in [1.29, 1.82) is 0 Å². The van der Waals surface area contributed by atoms with Crippen molar-refractivity contribution in [1.82, 2.24) is 0 Å². The lowest BCUT2D eigenvalue weighted by molar-refractivity contribution is -0.385. The van der Waals surface area contributed by atoms with Crippen molar-refractivity contribution in [2.45, 2.75) is 13.0 Å². The molecule has 0 bridgehead atoms. The maximum Gasteiger partial charge on any atom is 0.312 e. The highest BCUT2D eigenvalue weighted by Crippen LogP contribution is 2.37. The second-order valence-corrected chi connectivity index (χ2v) is 6.11. The van der Waals surface area contributed by atoms with Crippen molar-refractivity contribution >= 4 is 37.5 Å². The Hall–Kier alpha value is -1.44. The van der Waals surface area contributed by atoms with Gasteiger partial charge >= 0.3 is 5.69 Å². The second-order valence-electron chi connectivity index (χ2n) is 4.34. The predicted molar refractivity (Wildman–Crippen MR) is 85.6 cm³/mol. The number of hydrogen-bond acceptors (Lipinski definition) is 4. The standard InChI is InChI=1S/C14H11Br2NO4/c1-8(18)9-2-4-13(11(16)6-9)21-14-5-3-10(15)7-12(14)17(19)20/h2-8,18H,1H3/t8-/m0/s1. The molecule has 0 aliphatic rings. The summed E-state index contributed by atoms with van der Waals surface area (Å²) in [6, 6.07) is 9.64. The topological polar surface area (TPSA) is 72.6 Å². The van der Waals surface area contributed by atoms with Gasteiger partial charge in [0.2, 0.25) is 5.75 Å². The molecule has 0 radical (unpaired) electrons. The fraction of sp³-hybridized carbons (Fsp3) is 0.143. The number of nitro benzene ring substituents is 1. The monoisotopic (exact) mass is 415 g/mol. The van der Waals surface area contributed by atoms with Gasteiger partial charge in [-0.25, -0.2) is 0 Å². The van der Waals surface area contributed by atoms with Crippen LogP contribution in [0.25, 0.3) is 0 Å². The molecule has 2 rings (SSSR count). The average molecular weight is 417 g/mol. The molecule has 2 aromatic rings. The zero-order valence-electron chi connectivity index (χ0n) is 10.9. The Balaban J connectivity index is 2.37. The summed E-state index contributed by atoms with van der Waals surface area (Å²) >= 11 is 6.53. The molecule has 2 aromatic carbocycles. The number of hydrogen-bond donors (Lipinski definition) is 1. The van der Waals surface area contributed by atoms with Crippen molar-refractivity contribution < 1.29 is 14.8 Å². The molecule has 7 heteroatoms. The lowest BCUT2D eigenvalue weighted by Crippen LogP contribution is -1.95. The van der Waals surface area contributed by atoms with Gasteiger partial charge in [-0.3, -0.25) is 10.1 Å². The van der Waals surface area contributed by atoms with E-state index in [1.165, 1.54) is 12.1 Å². The van der Waals surface area contributed by atoms with E-state index < -0.39 is 11.0 Å². The number of aliphatic hydroxyl groups excluding tert-OH is 1. The summed E-state index contributed by atoms with van der Waals surface area (Å²) in [5, 5.41) is 20.6. The molecule has 0 fully saturated rings. The summed E-state index contributed by atoms with van der Waals surface area (Å²) in [7, 11) is 0. The van der Waals surface area contributed by atoms with Gasteiger partial charge in [-0.2, -0.15) is 0 Å². The first-order valence-corrected chi connectivity index (χ1v) is 7.56. The third kappa shape index (κ3) is 3.81. The number of rotatable bonds is 4. The quantitative estimate of drug-likeness (QED) is 0.564. The van der Waals surface area contributed by atoms with Crippen molar-refractivity contribution in [3.63, 3.8) is 0 Å². The van der Waals surface area contributed by atoms with Gasteiger partial charge in [-0.15, -0.1) is 0 Å². The minimum Gasteiger partial charge on any atom is -0.449 e. The normalized spacial score (nSPS) is 12.0. The van der Waals surface area contributed by atoms with E-state index in [9.17, 15) is 15.2 Å². The van der Waals surface area contributed by atoms with Crippen LogP contribution in [-0.2, 0) is 0 Å². The van der Waals surface area contributed by atoms with Crippen LogP contribution in [0, 0.1) is 10.1 Å². The van der Waals surface area contributed by atoms with Crippen molar-refractivity contribution in [2.24, 2.45) is 0 Å². The smallest absolute Gasteiger partial charge is 0.312 e. The Morgan fingerprint density at radius 3 is 2.43 bits per heavy atom. The van der Waals surface area contributed by atoms with Gasteiger partial charge in [-0.1, -0.05) is 22.0 Å². The first-order chi connectivity index (χ1) is 9.88. The van der Waals surface area contributed by atoms with Crippen LogP contribution in [0.15, 0.2) is 45.3 Å². The van der Waals surface area contributed by atoms with Crippen LogP contribution in [0.3, 0.4) is 0 Å². The Morgan fingerprint density at radius 1 is 1.19 bits per heavy atom. The van der Waals surface area contributed by atoms with Crippen LogP contribution in [0.2, 0.25) is 0 Å². The largest absolute Gasteiger partial charge is 0.449 e. The van der Waals surface area contributed by atoms with Gasteiger partial charge in [0.25, 0.3) is 0 Å². The highest BCUT2D eigenvalue weighted by Gasteiger charge is 2.17. The molecule has 5 nitrogen and oxygen atoms in total. The molecule has 0 heterocycles. The lowest BCUT2D eigenvalue weighted by atomic mass is 10.1. The Kier molecular flexibility index (Phi) is 4.97. The van der Waals surface area contributed by atoms with E-state index in [2.05, 4.69) is 31.9 Å². The molecule has 110 valence electrons. The molecule has 0 aliphatic heterocycles. The number of halogens is 2. The fourth-order valence-electron chi connectivity index (χ4n) is 1.70. The summed E-state index contributed by atoms with van der Waals surface area (Å²) < 4.78 is 6.81. The van der Waals surface area contributed by atoms with Gasteiger partial charge in [0, 0.05) is 10.5 Å². The molecule has 0 saturated heterocycles. The number of aliphatic hydroxyl groups is 1. The van der Waals surface area contributed by atoms with Gasteiger partial charge in [0.15, 0.2) is 0 Å². The summed E-state index contributed by atoms with van der Waals surface area (Å²) in [6.45, 7) is 1.65. The molecule has 0 aromatic heterocycles. The van der Waals surface area contributed by atoms with Gasteiger partial charge in [0.1, 0.15) is 5.75 Å². The zero-order valence-corrected chi connectivity index (χ0v) is 14.1. The van der Waals surface area contributed by atoms with E-state index in [0.29, 0.717) is 14.7 Å². The minimum absolute atomic E-state index is 0.129. The SMILES string of the molecule is C[C@H](O)c1ccc(Oc2ccc(Br)cc2[N+](=O)[O-])c(Br)c1. The van der Waals surface area contributed by atoms with Gasteiger partial charge in [0.05, 0.1) is 15.5 Å². The van der Waals surface area contributed by atoms with E-state index in [1.54, 1.807) is 31.2 Å². The van der Waals surface area contributed by atoms with Crippen LogP contribution < -0.4 is 4.74 Å². The molecular weight excluding hydrogens is 406 g/mol. The second kappa shape index (κ2) is 6.55. The molecular formula is C14H11Br2NO4. The molecule has 0 aliphatic carbocycles. The van der Waals surface area contributed by atoms with Crippen LogP contribution in [0.4, 0.5) is 5.69 Å². The van der Waals surface area contributed by atoms with Gasteiger partial charge < -0.3 is 9.84 Å². The maximum atomic E-state index is 11.1. The van der Waals surface area contributed by atoms with Crippen LogP contribution in [-0.4, -0.2) is 10.0 Å². The fourth-order valence-corrected chi connectivity index (χ4v) is 2.52. The van der Waals surface area contributed by atoms with Crippen molar-refractivity contribution in [3.8, 4) is 11.5 Å². The first kappa shape index (κ1) is 15.9. The third-order valence-corrected chi connectivity index (χ3v) is 3.89. The first-order valence-electron chi connectivity index (χ1n) is 5.98. The highest BCUT2D eigenvalue weighted by atomic mass is 79.9. The number of nitro groups is 1. The van der Waals surface area contributed by atoms with Crippen LogP contribution in [0.5, 0.6) is 11.5 Å². The molecule has 1 atom stereocenters. The minimum atomic E-state index is -0.600. The number of nitrogens with zero attached hydrogens (tertiary/aromatic N) is 1. The lowest BCUT2D eigenvalue weighted by Gasteiger charge is -2.11. The van der Waals surface area contributed by atoms with Gasteiger partial charge in [-0.05, 0) is 52.7 Å². The molecule has 0 amide bonds. The highest BCUT2D eigenvalue weighted by molar-refractivity contribution is 9.10. The number of benzene rings is 2. The Labute approximate surface area is 138 Å². The van der Waals surface area contributed by atoms with E-state index in [4.69, 9.17) is 4.74 Å². The van der Waals surface area contributed by atoms with E-state index in [1.807, 2.05) is 0 Å². The average Bonchev–Trinajstić information content (AvgIpc) is 2.42. The third-order valence-electron chi connectivity index (χ3n) is 2.78. The van der Waals surface area contributed by atoms with E-state index >= 15 is 0 Å². The van der Waals surface area contributed by atoms with Crippen molar-refractivity contribution in [3.05, 3.63) is 61.0 Å². The van der Waals surface area contributed by atoms with Crippen LogP contribution >= 0.6 is 31.9 Å². The molecule has 1 N–H and O–H groups in total. The van der Waals surface area contributed by atoms with Crippen molar-refractivity contribution in [2.75, 3.05) is 0 Å². The summed E-state index contributed by atoms with van der Waals surface area (Å²) in [6.07, 6.45) is -0.600. The molecule has 0 spiro atoms. The Morgan fingerprint density at radius 2 is 1.86 bits per heavy atom. The zero-order chi connectivity index (χ0) is 15.6. The predicted octanol–water partition coefficient (Wildman–Crippen LogP) is 4.97. The molecule has 21 heavy (non-hydrogen) atoms. The van der Waals surface area contributed by atoms with E-state index in [-0.39, 0.29) is 11.4 Å². The van der Waals surface area contributed by atoms with E-state index in [0.717, 1.165) is 5.56 Å². The molecule has 0 saturated carbocycles. The maximum absolute atomic E-state index is 11.1. The summed E-state index contributed by atoms with van der Waals surface area (Å²) in [5.74, 6) is 0.582. The summed E-state index contributed by atoms with van der Waals surface area (Å²) in [4.78, 5) is 10.6. The summed E-state index contributed by atoms with van der Waals surface area (Å²) in [5.41, 5.74) is 0.593. The molecule has 0 unspecified atom stereocenters.